The first-order valence-corrected chi connectivity index (χ1v) is 8.54. The number of carbonyl (C=O) groups is 2. The van der Waals surface area contributed by atoms with Crippen molar-refractivity contribution in [3.8, 4) is 0 Å². The van der Waals surface area contributed by atoms with Crippen molar-refractivity contribution in [2.75, 3.05) is 7.05 Å². The molecule has 0 aromatic carbocycles. The van der Waals surface area contributed by atoms with E-state index in [-0.39, 0.29) is 29.0 Å². The summed E-state index contributed by atoms with van der Waals surface area (Å²) in [7, 11) is 1.55. The normalized spacial score (nSPS) is 15.2. The lowest BCUT2D eigenvalue weighted by atomic mass is 10.1. The molecule has 2 aromatic heterocycles. The molecule has 2 aromatic rings. The van der Waals surface area contributed by atoms with Crippen molar-refractivity contribution in [1.29, 1.82) is 0 Å². The van der Waals surface area contributed by atoms with E-state index >= 15 is 0 Å². The van der Waals surface area contributed by atoms with Gasteiger partial charge < -0.3 is 10.1 Å². The van der Waals surface area contributed by atoms with Gasteiger partial charge in [0, 0.05) is 17.8 Å². The highest BCUT2D eigenvalue weighted by molar-refractivity contribution is 7.10. The highest BCUT2D eigenvalue weighted by atomic mass is 35.5. The van der Waals surface area contributed by atoms with Crippen molar-refractivity contribution in [3.63, 3.8) is 0 Å². The van der Waals surface area contributed by atoms with E-state index in [1.165, 1.54) is 11.3 Å². The minimum absolute atomic E-state index is 0.0665. The maximum atomic E-state index is 12.6. The zero-order chi connectivity index (χ0) is 16.4. The van der Waals surface area contributed by atoms with Gasteiger partial charge in [0.15, 0.2) is 5.15 Å². The van der Waals surface area contributed by atoms with E-state index in [1.807, 2.05) is 17.5 Å². The lowest BCUT2D eigenvalue weighted by molar-refractivity contribution is -0.122. The van der Waals surface area contributed by atoms with Gasteiger partial charge in [0.05, 0.1) is 12.1 Å². The third-order valence-electron chi connectivity index (χ3n) is 3.70. The number of hydrogen-bond donors (Lipinski definition) is 2. The number of nitrogens with zero attached hydrogens (tertiary/aromatic N) is 1. The van der Waals surface area contributed by atoms with Crippen molar-refractivity contribution in [2.45, 2.75) is 31.3 Å². The fourth-order valence-electron chi connectivity index (χ4n) is 2.33. The molecule has 8 heteroatoms. The summed E-state index contributed by atoms with van der Waals surface area (Å²) in [5, 5.41) is 11.3. The molecule has 1 saturated carbocycles. The molecular weight excluding hydrogens is 338 g/mol. The minimum atomic E-state index is -0.638. The maximum absolute atomic E-state index is 12.6. The molecule has 0 bridgehead atoms. The molecule has 6 nitrogen and oxygen atoms in total. The number of ether oxygens (including phenoxy) is 1. The monoisotopic (exact) mass is 353 g/mol. The number of H-pyrrole nitrogens is 1. The van der Waals surface area contributed by atoms with Crippen LogP contribution < -0.4 is 5.32 Å². The van der Waals surface area contributed by atoms with E-state index in [1.54, 1.807) is 7.05 Å². The molecule has 0 radical (unpaired) electrons. The average Bonchev–Trinajstić information content (AvgIpc) is 3.08. The Balaban J connectivity index is 1.81. The van der Waals surface area contributed by atoms with E-state index in [0.29, 0.717) is 0 Å². The van der Waals surface area contributed by atoms with Gasteiger partial charge in [-0.3, -0.25) is 9.89 Å². The zero-order valence-corrected chi connectivity index (χ0v) is 14.0. The summed E-state index contributed by atoms with van der Waals surface area (Å²) in [6.45, 7) is 0. The van der Waals surface area contributed by atoms with Crippen LogP contribution in [0.3, 0.4) is 0 Å². The summed E-state index contributed by atoms with van der Waals surface area (Å²) in [4.78, 5) is 25.1. The van der Waals surface area contributed by atoms with Crippen molar-refractivity contribution < 1.29 is 14.3 Å². The molecule has 23 heavy (non-hydrogen) atoms. The molecule has 0 spiro atoms. The molecule has 0 saturated heterocycles. The molecule has 1 aliphatic carbocycles. The van der Waals surface area contributed by atoms with Crippen LogP contribution >= 0.6 is 22.9 Å². The van der Waals surface area contributed by atoms with Gasteiger partial charge in [-0.2, -0.15) is 5.10 Å². The fraction of sp³-hybridized carbons (Fsp3) is 0.400. The molecule has 3 rings (SSSR count). The number of carbonyl (C=O) groups excluding carboxylic acids is 2. The third kappa shape index (κ3) is 3.56. The first-order chi connectivity index (χ1) is 11.1. The molecule has 1 amide bonds. The van der Waals surface area contributed by atoms with Gasteiger partial charge in [-0.1, -0.05) is 17.7 Å². The summed E-state index contributed by atoms with van der Waals surface area (Å²) in [5.74, 6) is -0.457. The summed E-state index contributed by atoms with van der Waals surface area (Å²) in [5.41, 5.74) is 1.01. The Hall–Kier alpha value is -1.86. The van der Waals surface area contributed by atoms with Crippen LogP contribution in [0.1, 0.15) is 52.2 Å². The molecule has 1 atom stereocenters. The molecule has 1 aliphatic rings. The number of esters is 1. The standard InChI is InChI=1S/C15H16ClN3O3S/c1-17-11(20)7-9(10-3-2-6-23-10)22-15(21)12-13(8-4-5-8)18-19-14(12)16/h2-3,6,8-9H,4-5,7H2,1H3,(H,17,20)(H,18,19). The van der Waals surface area contributed by atoms with E-state index in [2.05, 4.69) is 15.5 Å². The first-order valence-electron chi connectivity index (χ1n) is 7.29. The SMILES string of the molecule is CNC(=O)CC(OC(=O)c1c(Cl)n[nH]c1C1CC1)c1cccs1. The topological polar surface area (TPSA) is 84.1 Å². The first kappa shape index (κ1) is 16.0. The van der Waals surface area contributed by atoms with E-state index in [4.69, 9.17) is 16.3 Å². The number of aromatic nitrogens is 2. The number of hydrogen-bond acceptors (Lipinski definition) is 5. The van der Waals surface area contributed by atoms with Crippen LogP contribution in [0.4, 0.5) is 0 Å². The van der Waals surface area contributed by atoms with Gasteiger partial charge in [0.2, 0.25) is 5.91 Å². The highest BCUT2D eigenvalue weighted by Crippen LogP contribution is 2.42. The molecule has 0 aliphatic heterocycles. The van der Waals surface area contributed by atoms with Gasteiger partial charge in [-0.25, -0.2) is 4.79 Å². The molecule has 2 heterocycles. The molecule has 122 valence electrons. The highest BCUT2D eigenvalue weighted by Gasteiger charge is 2.34. The maximum Gasteiger partial charge on any atom is 0.343 e. The quantitative estimate of drug-likeness (QED) is 0.782. The van der Waals surface area contributed by atoms with Crippen LogP contribution in [0.5, 0.6) is 0 Å². The Labute approximate surface area is 142 Å². The Morgan fingerprint density at radius 2 is 2.35 bits per heavy atom. The minimum Gasteiger partial charge on any atom is -0.452 e. The number of amides is 1. The lowest BCUT2D eigenvalue weighted by Crippen LogP contribution is -2.23. The smallest absolute Gasteiger partial charge is 0.343 e. The fourth-order valence-corrected chi connectivity index (χ4v) is 3.30. The zero-order valence-electron chi connectivity index (χ0n) is 12.5. The van der Waals surface area contributed by atoms with Crippen molar-refractivity contribution in [2.24, 2.45) is 0 Å². The van der Waals surface area contributed by atoms with E-state index in [0.717, 1.165) is 23.4 Å². The van der Waals surface area contributed by atoms with Crippen molar-refractivity contribution in [1.82, 2.24) is 15.5 Å². The van der Waals surface area contributed by atoms with Gasteiger partial charge >= 0.3 is 5.97 Å². The van der Waals surface area contributed by atoms with E-state index < -0.39 is 12.1 Å². The van der Waals surface area contributed by atoms with Gasteiger partial charge in [0.25, 0.3) is 0 Å². The number of aromatic amines is 1. The van der Waals surface area contributed by atoms with Crippen LogP contribution in [-0.4, -0.2) is 29.1 Å². The Morgan fingerprint density at radius 1 is 1.57 bits per heavy atom. The van der Waals surface area contributed by atoms with E-state index in [9.17, 15) is 9.59 Å². The van der Waals surface area contributed by atoms with Crippen molar-refractivity contribution >= 4 is 34.8 Å². The van der Waals surface area contributed by atoms with Crippen LogP contribution in [-0.2, 0) is 9.53 Å². The van der Waals surface area contributed by atoms with Crippen LogP contribution in [0.25, 0.3) is 0 Å². The predicted molar refractivity (Wildman–Crippen MR) is 86.7 cm³/mol. The van der Waals surface area contributed by atoms with Crippen LogP contribution in [0.15, 0.2) is 17.5 Å². The number of rotatable bonds is 6. The largest absolute Gasteiger partial charge is 0.452 e. The second-order valence-electron chi connectivity index (χ2n) is 5.36. The molecule has 2 N–H and O–H groups in total. The van der Waals surface area contributed by atoms with Crippen LogP contribution in [0, 0.1) is 0 Å². The number of halogens is 1. The Kier molecular flexibility index (Phi) is 4.68. The second kappa shape index (κ2) is 6.72. The van der Waals surface area contributed by atoms with Crippen LogP contribution in [0.2, 0.25) is 5.15 Å². The molecule has 1 unspecified atom stereocenters. The summed E-state index contributed by atoms with van der Waals surface area (Å²) < 4.78 is 5.58. The summed E-state index contributed by atoms with van der Waals surface area (Å²) in [6, 6.07) is 3.69. The third-order valence-corrected chi connectivity index (χ3v) is 4.94. The van der Waals surface area contributed by atoms with Gasteiger partial charge in [-0.05, 0) is 24.3 Å². The summed E-state index contributed by atoms with van der Waals surface area (Å²) in [6.07, 6.45) is 1.44. The van der Waals surface area contributed by atoms with Crippen molar-refractivity contribution in [3.05, 3.63) is 38.8 Å². The number of nitrogens with one attached hydrogen (secondary N) is 2. The van der Waals surface area contributed by atoms with Gasteiger partial charge in [-0.15, -0.1) is 11.3 Å². The predicted octanol–water partition coefficient (Wildman–Crippen LogP) is 3.04. The average molecular weight is 354 g/mol. The Bertz CT molecular complexity index is 710. The molecular formula is C15H16ClN3O3S. The van der Waals surface area contributed by atoms with Gasteiger partial charge in [0.1, 0.15) is 11.7 Å². The lowest BCUT2D eigenvalue weighted by Gasteiger charge is -2.16. The molecule has 1 fully saturated rings. The second-order valence-corrected chi connectivity index (χ2v) is 6.70. The number of thiophene rings is 1. The Morgan fingerprint density at radius 3 is 2.96 bits per heavy atom. The summed E-state index contributed by atoms with van der Waals surface area (Å²) >= 11 is 7.47.